The average Bonchev–Trinajstić information content (AvgIpc) is 2.29. The molecule has 1 aliphatic heterocycles. The highest BCUT2D eigenvalue weighted by atomic mass is 19.1. The third-order valence-electron chi connectivity index (χ3n) is 2.32. The van der Waals surface area contributed by atoms with Gasteiger partial charge in [-0.05, 0) is 24.6 Å². The van der Waals surface area contributed by atoms with Crippen molar-refractivity contribution in [2.24, 2.45) is 0 Å². The average molecular weight is 209 g/mol. The lowest BCUT2D eigenvalue weighted by Crippen LogP contribution is -2.38. The zero-order valence-corrected chi connectivity index (χ0v) is 8.28. The summed E-state index contributed by atoms with van der Waals surface area (Å²) in [5, 5.41) is 0. The molecule has 1 aromatic rings. The van der Waals surface area contributed by atoms with Gasteiger partial charge in [-0.15, -0.1) is 0 Å². The van der Waals surface area contributed by atoms with Gasteiger partial charge in [-0.2, -0.15) is 0 Å². The largest absolute Gasteiger partial charge is 0.361 e. The van der Waals surface area contributed by atoms with Crippen LogP contribution in [0.25, 0.3) is 0 Å². The number of hydrogen-bond donors (Lipinski definition) is 0. The lowest BCUT2D eigenvalue weighted by molar-refractivity contribution is -0.00573. The lowest BCUT2D eigenvalue weighted by atomic mass is 10.2. The third kappa shape index (κ3) is 2.33. The maximum Gasteiger partial charge on any atom is 0.255 e. The molecule has 1 heterocycles. The van der Waals surface area contributed by atoms with Gasteiger partial charge in [0.2, 0.25) is 0 Å². The first kappa shape index (κ1) is 10.1. The molecule has 1 amide bonds. The fourth-order valence-corrected chi connectivity index (χ4v) is 1.56. The van der Waals surface area contributed by atoms with Crippen LogP contribution in [0, 0.1) is 5.82 Å². The van der Waals surface area contributed by atoms with Crippen molar-refractivity contribution < 1.29 is 13.9 Å². The summed E-state index contributed by atoms with van der Waals surface area (Å²) in [7, 11) is 0. The normalized spacial score (nSPS) is 16.5. The number of carbonyl (C=O) groups excluding carboxylic acids is 1. The molecule has 0 aromatic heterocycles. The number of carbonyl (C=O) groups is 1. The Morgan fingerprint density at radius 1 is 1.47 bits per heavy atom. The molecule has 0 radical (unpaired) electrons. The Balaban J connectivity index is 2.12. The molecular weight excluding hydrogens is 197 g/mol. The van der Waals surface area contributed by atoms with Gasteiger partial charge in [0, 0.05) is 12.1 Å². The van der Waals surface area contributed by atoms with Gasteiger partial charge in [0.25, 0.3) is 5.91 Å². The molecule has 3 nitrogen and oxygen atoms in total. The molecule has 0 spiro atoms. The van der Waals surface area contributed by atoms with Crippen LogP contribution in [0.1, 0.15) is 16.8 Å². The topological polar surface area (TPSA) is 29.5 Å². The Kier molecular flexibility index (Phi) is 2.97. The summed E-state index contributed by atoms with van der Waals surface area (Å²) < 4.78 is 18.1. The van der Waals surface area contributed by atoms with Crippen LogP contribution in [-0.2, 0) is 4.74 Å². The first-order valence-electron chi connectivity index (χ1n) is 4.90. The number of ether oxygens (including phenoxy) is 1. The van der Waals surface area contributed by atoms with E-state index in [1.165, 1.54) is 18.2 Å². The van der Waals surface area contributed by atoms with Crippen LogP contribution >= 0.6 is 0 Å². The molecule has 2 rings (SSSR count). The highest BCUT2D eigenvalue weighted by Crippen LogP contribution is 2.10. The Morgan fingerprint density at radius 2 is 2.33 bits per heavy atom. The summed E-state index contributed by atoms with van der Waals surface area (Å²) in [6, 6.07) is 5.72. The molecular formula is C11H12FNO2. The van der Waals surface area contributed by atoms with Crippen molar-refractivity contribution in [1.82, 2.24) is 4.90 Å². The molecule has 0 N–H and O–H groups in total. The van der Waals surface area contributed by atoms with E-state index in [-0.39, 0.29) is 5.91 Å². The molecule has 1 fully saturated rings. The molecule has 1 saturated heterocycles. The number of benzene rings is 1. The number of nitrogens with zero attached hydrogens (tertiary/aromatic N) is 1. The van der Waals surface area contributed by atoms with E-state index in [9.17, 15) is 9.18 Å². The van der Waals surface area contributed by atoms with E-state index in [1.54, 1.807) is 11.0 Å². The van der Waals surface area contributed by atoms with Gasteiger partial charge < -0.3 is 9.64 Å². The summed E-state index contributed by atoms with van der Waals surface area (Å²) in [6.45, 7) is 1.66. The van der Waals surface area contributed by atoms with Crippen molar-refractivity contribution in [1.29, 1.82) is 0 Å². The molecule has 0 unspecified atom stereocenters. The van der Waals surface area contributed by atoms with Gasteiger partial charge in [0.1, 0.15) is 12.5 Å². The smallest absolute Gasteiger partial charge is 0.255 e. The van der Waals surface area contributed by atoms with E-state index in [0.29, 0.717) is 25.4 Å². The van der Waals surface area contributed by atoms with Crippen molar-refractivity contribution in [3.8, 4) is 0 Å². The maximum absolute atomic E-state index is 12.9. The summed E-state index contributed by atoms with van der Waals surface area (Å²) >= 11 is 0. The first-order valence-corrected chi connectivity index (χ1v) is 4.90. The highest BCUT2D eigenvalue weighted by molar-refractivity contribution is 5.94. The fraction of sp³-hybridized carbons (Fsp3) is 0.364. The van der Waals surface area contributed by atoms with Crippen LogP contribution in [0.5, 0.6) is 0 Å². The molecule has 0 aliphatic carbocycles. The van der Waals surface area contributed by atoms with Crippen LogP contribution in [0.15, 0.2) is 24.3 Å². The molecule has 4 heteroatoms. The minimum absolute atomic E-state index is 0.172. The Hall–Kier alpha value is -1.42. The second-order valence-corrected chi connectivity index (χ2v) is 3.47. The predicted molar refractivity (Wildman–Crippen MR) is 52.9 cm³/mol. The van der Waals surface area contributed by atoms with E-state index in [2.05, 4.69) is 0 Å². The van der Waals surface area contributed by atoms with Crippen LogP contribution in [0.4, 0.5) is 4.39 Å². The number of amides is 1. The number of rotatable bonds is 1. The molecule has 1 aliphatic rings. The minimum Gasteiger partial charge on any atom is -0.361 e. The van der Waals surface area contributed by atoms with Crippen molar-refractivity contribution >= 4 is 5.91 Å². The van der Waals surface area contributed by atoms with Crippen molar-refractivity contribution in [3.05, 3.63) is 35.6 Å². The monoisotopic (exact) mass is 209 g/mol. The summed E-state index contributed by atoms with van der Waals surface area (Å²) in [5.41, 5.74) is 0.375. The van der Waals surface area contributed by atoms with Crippen LogP contribution in [-0.4, -0.2) is 30.7 Å². The van der Waals surface area contributed by atoms with E-state index >= 15 is 0 Å². The van der Waals surface area contributed by atoms with E-state index < -0.39 is 5.82 Å². The summed E-state index contributed by atoms with van der Waals surface area (Å²) in [5.74, 6) is -0.562. The molecule has 0 saturated carbocycles. The first-order chi connectivity index (χ1) is 7.27. The molecule has 1 aromatic carbocycles. The van der Waals surface area contributed by atoms with Gasteiger partial charge in [0.05, 0.1) is 6.61 Å². The lowest BCUT2D eigenvalue weighted by Gasteiger charge is -2.26. The van der Waals surface area contributed by atoms with Gasteiger partial charge in [-0.3, -0.25) is 4.79 Å². The maximum atomic E-state index is 12.9. The van der Waals surface area contributed by atoms with Crippen LogP contribution in [0.3, 0.4) is 0 Å². The quantitative estimate of drug-likeness (QED) is 0.703. The third-order valence-corrected chi connectivity index (χ3v) is 2.32. The number of hydrogen-bond acceptors (Lipinski definition) is 2. The standard InChI is InChI=1S/C11H12FNO2/c12-10-4-1-3-9(7-10)11(14)13-5-2-6-15-8-13/h1,3-4,7H,2,5-6,8H2. The van der Waals surface area contributed by atoms with Gasteiger partial charge in [0.15, 0.2) is 0 Å². The van der Waals surface area contributed by atoms with Crippen LogP contribution in [0.2, 0.25) is 0 Å². The molecule has 0 atom stereocenters. The van der Waals surface area contributed by atoms with E-state index in [4.69, 9.17) is 4.74 Å². The molecule has 0 bridgehead atoms. The van der Waals surface area contributed by atoms with Gasteiger partial charge in [-0.25, -0.2) is 4.39 Å². The van der Waals surface area contributed by atoms with Gasteiger partial charge in [-0.1, -0.05) is 6.07 Å². The SMILES string of the molecule is O=C(c1cccc(F)c1)N1CCCOC1. The van der Waals surface area contributed by atoms with Gasteiger partial charge >= 0.3 is 0 Å². The highest BCUT2D eigenvalue weighted by Gasteiger charge is 2.18. The van der Waals surface area contributed by atoms with Crippen LogP contribution < -0.4 is 0 Å². The Morgan fingerprint density at radius 3 is 3.00 bits per heavy atom. The zero-order chi connectivity index (χ0) is 10.7. The number of halogens is 1. The second-order valence-electron chi connectivity index (χ2n) is 3.47. The minimum atomic E-state index is -0.390. The van der Waals surface area contributed by atoms with E-state index in [1.807, 2.05) is 0 Å². The van der Waals surface area contributed by atoms with Crippen molar-refractivity contribution in [3.63, 3.8) is 0 Å². The van der Waals surface area contributed by atoms with Crippen molar-refractivity contribution in [2.45, 2.75) is 6.42 Å². The predicted octanol–water partition coefficient (Wildman–Crippen LogP) is 1.65. The zero-order valence-electron chi connectivity index (χ0n) is 8.28. The summed E-state index contributed by atoms with van der Waals surface area (Å²) in [4.78, 5) is 13.4. The second kappa shape index (κ2) is 4.40. The summed E-state index contributed by atoms with van der Waals surface area (Å²) in [6.07, 6.45) is 0.834. The van der Waals surface area contributed by atoms with Crippen molar-refractivity contribution in [2.75, 3.05) is 19.9 Å². The molecule has 80 valence electrons. The fourth-order valence-electron chi connectivity index (χ4n) is 1.56. The van der Waals surface area contributed by atoms with E-state index in [0.717, 1.165) is 6.42 Å². The Labute approximate surface area is 87.5 Å². The molecule has 15 heavy (non-hydrogen) atoms. The Bertz CT molecular complexity index is 361.